The standard InChI is InChI=1S/C17H32N2O/c1-12(2)9-18-10-17-8-16(15(6)20-17)11-19(7)14(5)13(3)4/h8,12-14,18H,9-11H2,1-7H3. The number of hydrogen-bond donors (Lipinski definition) is 1. The maximum Gasteiger partial charge on any atom is 0.118 e. The molecule has 0 aliphatic rings. The van der Waals surface area contributed by atoms with Crippen LogP contribution in [0.2, 0.25) is 0 Å². The smallest absolute Gasteiger partial charge is 0.118 e. The quantitative estimate of drug-likeness (QED) is 0.785. The van der Waals surface area contributed by atoms with Crippen molar-refractivity contribution >= 4 is 0 Å². The highest BCUT2D eigenvalue weighted by Gasteiger charge is 2.16. The summed E-state index contributed by atoms with van der Waals surface area (Å²) in [5, 5.41) is 3.43. The van der Waals surface area contributed by atoms with E-state index in [-0.39, 0.29) is 0 Å². The molecule has 0 spiro atoms. The molecule has 0 saturated heterocycles. The number of hydrogen-bond acceptors (Lipinski definition) is 3. The molecule has 3 nitrogen and oxygen atoms in total. The lowest BCUT2D eigenvalue weighted by Gasteiger charge is -2.27. The Morgan fingerprint density at radius 2 is 1.85 bits per heavy atom. The predicted molar refractivity (Wildman–Crippen MR) is 85.8 cm³/mol. The van der Waals surface area contributed by atoms with E-state index >= 15 is 0 Å². The Balaban J connectivity index is 2.57. The van der Waals surface area contributed by atoms with Gasteiger partial charge in [-0.05, 0) is 45.3 Å². The van der Waals surface area contributed by atoms with E-state index in [1.807, 2.05) is 0 Å². The minimum Gasteiger partial charge on any atom is -0.465 e. The van der Waals surface area contributed by atoms with Crippen LogP contribution < -0.4 is 5.32 Å². The molecule has 1 rings (SSSR count). The molecular formula is C17H32N2O. The van der Waals surface area contributed by atoms with Gasteiger partial charge in [0, 0.05) is 18.2 Å². The van der Waals surface area contributed by atoms with E-state index in [0.717, 1.165) is 31.2 Å². The second-order valence-electron chi connectivity index (χ2n) is 6.72. The molecule has 116 valence electrons. The summed E-state index contributed by atoms with van der Waals surface area (Å²) in [5.74, 6) is 3.43. The SMILES string of the molecule is Cc1oc(CNCC(C)C)cc1CN(C)C(C)C(C)C. The first-order valence-electron chi connectivity index (χ1n) is 7.80. The van der Waals surface area contributed by atoms with Crippen molar-refractivity contribution in [3.05, 3.63) is 23.2 Å². The zero-order valence-electron chi connectivity index (χ0n) is 14.3. The summed E-state index contributed by atoms with van der Waals surface area (Å²) in [5.41, 5.74) is 1.31. The van der Waals surface area contributed by atoms with Crippen molar-refractivity contribution in [1.82, 2.24) is 10.2 Å². The van der Waals surface area contributed by atoms with Gasteiger partial charge in [-0.15, -0.1) is 0 Å². The first-order chi connectivity index (χ1) is 9.31. The van der Waals surface area contributed by atoms with Gasteiger partial charge in [0.1, 0.15) is 11.5 Å². The molecule has 0 saturated carbocycles. The fourth-order valence-corrected chi connectivity index (χ4v) is 2.24. The summed E-state index contributed by atoms with van der Waals surface area (Å²) >= 11 is 0. The van der Waals surface area contributed by atoms with Gasteiger partial charge in [-0.25, -0.2) is 0 Å². The average molecular weight is 280 g/mol. The summed E-state index contributed by atoms with van der Waals surface area (Å²) in [6.07, 6.45) is 0. The van der Waals surface area contributed by atoms with Crippen LogP contribution in [-0.4, -0.2) is 24.5 Å². The Labute approximate surface area is 124 Å². The molecule has 1 N–H and O–H groups in total. The molecule has 0 aliphatic heterocycles. The van der Waals surface area contributed by atoms with Crippen LogP contribution in [-0.2, 0) is 13.1 Å². The zero-order chi connectivity index (χ0) is 15.3. The topological polar surface area (TPSA) is 28.4 Å². The van der Waals surface area contributed by atoms with Gasteiger partial charge in [0.15, 0.2) is 0 Å². The van der Waals surface area contributed by atoms with Crippen molar-refractivity contribution in [2.75, 3.05) is 13.6 Å². The van der Waals surface area contributed by atoms with Crippen molar-refractivity contribution in [2.24, 2.45) is 11.8 Å². The number of aryl methyl sites for hydroxylation is 1. The van der Waals surface area contributed by atoms with Gasteiger partial charge in [-0.1, -0.05) is 27.7 Å². The highest BCUT2D eigenvalue weighted by Crippen LogP contribution is 2.19. The van der Waals surface area contributed by atoms with Crippen LogP contribution in [0.25, 0.3) is 0 Å². The van der Waals surface area contributed by atoms with Gasteiger partial charge in [0.2, 0.25) is 0 Å². The third kappa shape index (κ3) is 5.29. The van der Waals surface area contributed by atoms with E-state index in [1.54, 1.807) is 0 Å². The molecule has 1 unspecified atom stereocenters. The van der Waals surface area contributed by atoms with Gasteiger partial charge < -0.3 is 9.73 Å². The highest BCUT2D eigenvalue weighted by atomic mass is 16.3. The lowest BCUT2D eigenvalue weighted by atomic mass is 10.0. The van der Waals surface area contributed by atoms with Crippen LogP contribution in [0.5, 0.6) is 0 Å². The van der Waals surface area contributed by atoms with Crippen molar-refractivity contribution in [3.63, 3.8) is 0 Å². The third-order valence-electron chi connectivity index (χ3n) is 4.00. The van der Waals surface area contributed by atoms with E-state index in [0.29, 0.717) is 17.9 Å². The third-order valence-corrected chi connectivity index (χ3v) is 4.00. The van der Waals surface area contributed by atoms with Crippen LogP contribution in [0.4, 0.5) is 0 Å². The molecule has 0 radical (unpaired) electrons. The molecular weight excluding hydrogens is 248 g/mol. The zero-order valence-corrected chi connectivity index (χ0v) is 14.3. The Morgan fingerprint density at radius 3 is 2.40 bits per heavy atom. The van der Waals surface area contributed by atoms with E-state index in [4.69, 9.17) is 4.42 Å². The van der Waals surface area contributed by atoms with E-state index < -0.39 is 0 Å². The molecule has 20 heavy (non-hydrogen) atoms. The Kier molecular flexibility index (Phi) is 6.77. The lowest BCUT2D eigenvalue weighted by molar-refractivity contribution is 0.199. The summed E-state index contributed by atoms with van der Waals surface area (Å²) in [6, 6.07) is 2.78. The maximum absolute atomic E-state index is 5.85. The van der Waals surface area contributed by atoms with Gasteiger partial charge in [-0.2, -0.15) is 0 Å². The van der Waals surface area contributed by atoms with Crippen LogP contribution >= 0.6 is 0 Å². The molecule has 1 aromatic rings. The largest absolute Gasteiger partial charge is 0.465 e. The first-order valence-corrected chi connectivity index (χ1v) is 7.80. The summed E-state index contributed by atoms with van der Waals surface area (Å²) in [7, 11) is 2.19. The molecule has 3 heteroatoms. The van der Waals surface area contributed by atoms with E-state index in [9.17, 15) is 0 Å². The molecule has 0 bridgehead atoms. The van der Waals surface area contributed by atoms with Crippen LogP contribution in [0.3, 0.4) is 0 Å². The molecule has 0 aliphatic carbocycles. The summed E-state index contributed by atoms with van der Waals surface area (Å²) in [6.45, 7) is 16.1. The molecule has 0 aromatic carbocycles. The Hall–Kier alpha value is -0.800. The van der Waals surface area contributed by atoms with E-state index in [1.165, 1.54) is 5.56 Å². The van der Waals surface area contributed by atoms with Gasteiger partial charge in [-0.3, -0.25) is 4.90 Å². The number of furan rings is 1. The lowest BCUT2D eigenvalue weighted by Crippen LogP contribution is -2.32. The molecule has 1 aromatic heterocycles. The van der Waals surface area contributed by atoms with Crippen molar-refractivity contribution < 1.29 is 4.42 Å². The second kappa shape index (κ2) is 7.84. The number of nitrogens with zero attached hydrogens (tertiary/aromatic N) is 1. The molecule has 0 fully saturated rings. The second-order valence-corrected chi connectivity index (χ2v) is 6.72. The van der Waals surface area contributed by atoms with Crippen LogP contribution in [0, 0.1) is 18.8 Å². The number of nitrogens with one attached hydrogen (secondary N) is 1. The Morgan fingerprint density at radius 1 is 1.20 bits per heavy atom. The molecule has 1 atom stereocenters. The first kappa shape index (κ1) is 17.3. The van der Waals surface area contributed by atoms with Gasteiger partial charge in [0.05, 0.1) is 6.54 Å². The van der Waals surface area contributed by atoms with Crippen molar-refractivity contribution in [1.29, 1.82) is 0 Å². The Bertz CT molecular complexity index is 396. The fraction of sp³-hybridized carbons (Fsp3) is 0.765. The van der Waals surface area contributed by atoms with E-state index in [2.05, 4.69) is 64.9 Å². The van der Waals surface area contributed by atoms with Gasteiger partial charge >= 0.3 is 0 Å². The highest BCUT2D eigenvalue weighted by molar-refractivity contribution is 5.20. The van der Waals surface area contributed by atoms with Gasteiger partial charge in [0.25, 0.3) is 0 Å². The normalized spacial score (nSPS) is 13.7. The van der Waals surface area contributed by atoms with Crippen molar-refractivity contribution in [3.8, 4) is 0 Å². The minimum absolute atomic E-state index is 0.576. The van der Waals surface area contributed by atoms with Crippen LogP contribution in [0.1, 0.15) is 51.7 Å². The maximum atomic E-state index is 5.85. The molecule has 0 amide bonds. The monoisotopic (exact) mass is 280 g/mol. The van der Waals surface area contributed by atoms with Crippen molar-refractivity contribution in [2.45, 2.75) is 60.7 Å². The summed E-state index contributed by atoms with van der Waals surface area (Å²) in [4.78, 5) is 2.40. The minimum atomic E-state index is 0.576. The fourth-order valence-electron chi connectivity index (χ4n) is 2.24. The van der Waals surface area contributed by atoms with Crippen LogP contribution in [0.15, 0.2) is 10.5 Å². The predicted octanol–water partition coefficient (Wildman–Crippen LogP) is 3.81. The number of rotatable bonds is 8. The molecule has 1 heterocycles. The average Bonchev–Trinajstić information content (AvgIpc) is 2.68. The summed E-state index contributed by atoms with van der Waals surface area (Å²) < 4.78 is 5.85.